The second kappa shape index (κ2) is 7.17. The van der Waals surface area contributed by atoms with E-state index in [0.717, 1.165) is 0 Å². The summed E-state index contributed by atoms with van der Waals surface area (Å²) in [7, 11) is 1.46. The number of ether oxygens (including phenoxy) is 1. The molecule has 0 fully saturated rings. The first-order valence-corrected chi connectivity index (χ1v) is 6.57. The van der Waals surface area contributed by atoms with Gasteiger partial charge in [0.2, 0.25) is 5.91 Å². The Bertz CT molecular complexity index is 516. The summed E-state index contributed by atoms with van der Waals surface area (Å²) in [4.78, 5) is 23.4. The van der Waals surface area contributed by atoms with Gasteiger partial charge in [0, 0.05) is 20.1 Å². The fourth-order valence-corrected chi connectivity index (χ4v) is 1.84. The molecular formula is C15H20FNO4. The minimum absolute atomic E-state index is 0.163. The maximum atomic E-state index is 13.3. The summed E-state index contributed by atoms with van der Waals surface area (Å²) in [5.74, 6) is -2.05. The van der Waals surface area contributed by atoms with Gasteiger partial charge in [0.05, 0.1) is 5.41 Å². The van der Waals surface area contributed by atoms with Gasteiger partial charge in [-0.15, -0.1) is 0 Å². The minimum atomic E-state index is -1.13. The molecule has 6 heteroatoms. The Labute approximate surface area is 123 Å². The van der Waals surface area contributed by atoms with Crippen molar-refractivity contribution in [2.24, 2.45) is 0 Å². The number of carboxylic acid groups (broad SMARTS) is 1. The molecule has 0 aliphatic heterocycles. The zero-order chi connectivity index (χ0) is 16.0. The first-order valence-electron chi connectivity index (χ1n) is 6.57. The van der Waals surface area contributed by atoms with Crippen LogP contribution in [0.1, 0.15) is 25.8 Å². The van der Waals surface area contributed by atoms with Crippen molar-refractivity contribution in [3.05, 3.63) is 35.6 Å². The van der Waals surface area contributed by atoms with Crippen LogP contribution in [0, 0.1) is 5.82 Å². The van der Waals surface area contributed by atoms with Gasteiger partial charge in [-0.2, -0.15) is 0 Å². The lowest BCUT2D eigenvalue weighted by molar-refractivity contribution is -0.143. The molecule has 1 atom stereocenters. The van der Waals surface area contributed by atoms with Gasteiger partial charge >= 0.3 is 5.97 Å². The number of hydrogen-bond acceptors (Lipinski definition) is 3. The van der Waals surface area contributed by atoms with E-state index in [1.54, 1.807) is 19.9 Å². The van der Waals surface area contributed by atoms with Gasteiger partial charge in [-0.3, -0.25) is 4.79 Å². The molecule has 1 unspecified atom stereocenters. The Kier molecular flexibility index (Phi) is 5.84. The smallest absolute Gasteiger partial charge is 0.326 e. The Morgan fingerprint density at radius 1 is 1.43 bits per heavy atom. The Balaban J connectivity index is 2.87. The van der Waals surface area contributed by atoms with Gasteiger partial charge < -0.3 is 15.2 Å². The van der Waals surface area contributed by atoms with Crippen molar-refractivity contribution in [2.75, 3.05) is 13.7 Å². The minimum Gasteiger partial charge on any atom is -0.480 e. The lowest BCUT2D eigenvalue weighted by atomic mass is 9.83. The predicted molar refractivity (Wildman–Crippen MR) is 75.5 cm³/mol. The zero-order valence-corrected chi connectivity index (χ0v) is 12.4. The average Bonchev–Trinajstić information content (AvgIpc) is 2.42. The molecule has 1 amide bonds. The van der Waals surface area contributed by atoms with E-state index in [-0.39, 0.29) is 13.0 Å². The number of carbonyl (C=O) groups is 2. The fourth-order valence-electron chi connectivity index (χ4n) is 1.84. The van der Waals surface area contributed by atoms with Crippen LogP contribution in [-0.2, 0) is 19.7 Å². The molecule has 0 aliphatic carbocycles. The third-order valence-electron chi connectivity index (χ3n) is 3.33. The van der Waals surface area contributed by atoms with E-state index in [2.05, 4.69) is 5.32 Å². The van der Waals surface area contributed by atoms with Crippen molar-refractivity contribution < 1.29 is 23.8 Å². The number of halogens is 1. The summed E-state index contributed by atoms with van der Waals surface area (Å²) >= 11 is 0. The highest BCUT2D eigenvalue weighted by Gasteiger charge is 2.33. The molecular weight excluding hydrogens is 277 g/mol. The van der Waals surface area contributed by atoms with E-state index < -0.39 is 29.2 Å². The Morgan fingerprint density at radius 2 is 2.10 bits per heavy atom. The van der Waals surface area contributed by atoms with E-state index in [0.29, 0.717) is 5.56 Å². The maximum Gasteiger partial charge on any atom is 0.326 e. The first-order chi connectivity index (χ1) is 9.78. The van der Waals surface area contributed by atoms with Crippen LogP contribution >= 0.6 is 0 Å². The molecule has 0 aliphatic rings. The van der Waals surface area contributed by atoms with Crippen molar-refractivity contribution in [3.8, 4) is 0 Å². The molecule has 1 aromatic rings. The van der Waals surface area contributed by atoms with Gasteiger partial charge in [-0.1, -0.05) is 12.1 Å². The number of benzene rings is 1. The number of rotatable bonds is 7. The topological polar surface area (TPSA) is 75.6 Å². The zero-order valence-electron chi connectivity index (χ0n) is 12.4. The summed E-state index contributed by atoms with van der Waals surface area (Å²) in [6.45, 7) is 3.45. The van der Waals surface area contributed by atoms with Crippen LogP contribution in [0.3, 0.4) is 0 Å². The van der Waals surface area contributed by atoms with Gasteiger partial charge in [0.1, 0.15) is 11.9 Å². The van der Waals surface area contributed by atoms with Gasteiger partial charge in [0.25, 0.3) is 0 Å². The van der Waals surface area contributed by atoms with Crippen LogP contribution in [0.2, 0.25) is 0 Å². The number of carboxylic acids is 1. The van der Waals surface area contributed by atoms with Crippen LogP contribution in [-0.4, -0.2) is 36.7 Å². The molecule has 0 bridgehead atoms. The van der Waals surface area contributed by atoms with E-state index in [9.17, 15) is 14.0 Å². The summed E-state index contributed by atoms with van der Waals surface area (Å²) in [5, 5.41) is 11.6. The first kappa shape index (κ1) is 17.1. The third kappa shape index (κ3) is 4.53. The molecule has 21 heavy (non-hydrogen) atoms. The second-order valence-electron chi connectivity index (χ2n) is 5.28. The summed E-state index contributed by atoms with van der Waals surface area (Å²) in [6.07, 6.45) is 0.163. The molecule has 0 aromatic heterocycles. The summed E-state index contributed by atoms with van der Waals surface area (Å²) in [5.41, 5.74) is -0.557. The molecule has 2 N–H and O–H groups in total. The van der Waals surface area contributed by atoms with Gasteiger partial charge in [0.15, 0.2) is 0 Å². The fraction of sp³-hybridized carbons (Fsp3) is 0.467. The molecule has 5 nitrogen and oxygen atoms in total. The van der Waals surface area contributed by atoms with Crippen molar-refractivity contribution >= 4 is 11.9 Å². The quantitative estimate of drug-likeness (QED) is 0.803. The third-order valence-corrected chi connectivity index (χ3v) is 3.33. The predicted octanol–water partition coefficient (Wildman–Crippen LogP) is 1.71. The molecule has 0 radical (unpaired) electrons. The number of amides is 1. The van der Waals surface area contributed by atoms with Crippen LogP contribution in [0.5, 0.6) is 0 Å². The van der Waals surface area contributed by atoms with E-state index in [4.69, 9.17) is 9.84 Å². The normalized spacial score (nSPS) is 12.8. The average molecular weight is 297 g/mol. The number of aliphatic carboxylic acids is 1. The molecule has 116 valence electrons. The van der Waals surface area contributed by atoms with E-state index in [1.807, 2.05) is 0 Å². The van der Waals surface area contributed by atoms with Crippen LogP contribution < -0.4 is 5.32 Å². The van der Waals surface area contributed by atoms with E-state index >= 15 is 0 Å². The number of carbonyl (C=O) groups excluding carboxylic acids is 1. The highest BCUT2D eigenvalue weighted by Crippen LogP contribution is 2.24. The summed E-state index contributed by atoms with van der Waals surface area (Å²) in [6, 6.07) is 4.67. The number of methoxy groups -OCH3 is 1. The largest absolute Gasteiger partial charge is 0.480 e. The summed E-state index contributed by atoms with van der Waals surface area (Å²) < 4.78 is 18.1. The SMILES string of the molecule is COCCC(NC(=O)C(C)(C)c1cccc(F)c1)C(=O)O. The number of nitrogens with one attached hydrogen (secondary N) is 1. The van der Waals surface area contributed by atoms with E-state index in [1.165, 1.54) is 25.3 Å². The second-order valence-corrected chi connectivity index (χ2v) is 5.28. The molecule has 1 aromatic carbocycles. The standard InChI is InChI=1S/C15H20FNO4/c1-15(2,10-5-4-6-11(16)9-10)14(20)17-12(13(18)19)7-8-21-3/h4-6,9,12H,7-8H2,1-3H3,(H,17,20)(H,18,19). The molecule has 0 spiro atoms. The highest BCUT2D eigenvalue weighted by molar-refractivity contribution is 5.90. The molecule has 0 saturated heterocycles. The monoisotopic (exact) mass is 297 g/mol. The molecule has 0 saturated carbocycles. The lowest BCUT2D eigenvalue weighted by Crippen LogP contribution is -2.48. The van der Waals surface area contributed by atoms with Crippen LogP contribution in [0.25, 0.3) is 0 Å². The Morgan fingerprint density at radius 3 is 2.62 bits per heavy atom. The van der Waals surface area contributed by atoms with Gasteiger partial charge in [-0.25, -0.2) is 9.18 Å². The molecule has 0 heterocycles. The number of hydrogen-bond donors (Lipinski definition) is 2. The maximum absolute atomic E-state index is 13.3. The van der Waals surface area contributed by atoms with Crippen molar-refractivity contribution in [1.82, 2.24) is 5.32 Å². The Hall–Kier alpha value is -1.95. The van der Waals surface area contributed by atoms with Crippen molar-refractivity contribution in [1.29, 1.82) is 0 Å². The highest BCUT2D eigenvalue weighted by atomic mass is 19.1. The van der Waals surface area contributed by atoms with Gasteiger partial charge in [-0.05, 0) is 31.5 Å². The molecule has 1 rings (SSSR count). The van der Waals surface area contributed by atoms with Crippen LogP contribution in [0.4, 0.5) is 4.39 Å². The lowest BCUT2D eigenvalue weighted by Gasteiger charge is -2.26. The van der Waals surface area contributed by atoms with Crippen LogP contribution in [0.15, 0.2) is 24.3 Å². The van der Waals surface area contributed by atoms with Crippen molar-refractivity contribution in [3.63, 3.8) is 0 Å². The van der Waals surface area contributed by atoms with Crippen molar-refractivity contribution in [2.45, 2.75) is 31.7 Å².